The number of sulfonamides is 1. The number of aromatic carboxylic acids is 1. The Labute approximate surface area is 128 Å². The third-order valence-electron chi connectivity index (χ3n) is 3.35. The Bertz CT molecular complexity index is 654. The van der Waals surface area contributed by atoms with Crippen molar-refractivity contribution in [3.8, 4) is 0 Å². The SMILES string of the molecule is Cc1ncc(S(=O)(=O)N(C)CC2COCCO2)cc1C(=O)O. The molecular weight excluding hydrogens is 312 g/mol. The molecule has 0 spiro atoms. The quantitative estimate of drug-likeness (QED) is 0.817. The van der Waals surface area contributed by atoms with E-state index in [0.717, 1.165) is 16.6 Å². The van der Waals surface area contributed by atoms with Gasteiger partial charge in [0.1, 0.15) is 4.90 Å². The molecule has 0 radical (unpaired) electrons. The van der Waals surface area contributed by atoms with E-state index in [1.165, 1.54) is 14.0 Å². The highest BCUT2D eigenvalue weighted by Gasteiger charge is 2.27. The second-order valence-corrected chi connectivity index (χ2v) is 7.01. The molecule has 9 heteroatoms. The number of aromatic nitrogens is 1. The molecule has 122 valence electrons. The van der Waals surface area contributed by atoms with Gasteiger partial charge in [-0.3, -0.25) is 4.98 Å². The van der Waals surface area contributed by atoms with Crippen molar-refractivity contribution in [1.82, 2.24) is 9.29 Å². The van der Waals surface area contributed by atoms with Crippen molar-refractivity contribution in [3.05, 3.63) is 23.5 Å². The number of ether oxygens (including phenoxy) is 2. The van der Waals surface area contributed by atoms with E-state index in [1.807, 2.05) is 0 Å². The van der Waals surface area contributed by atoms with Gasteiger partial charge < -0.3 is 14.6 Å². The fourth-order valence-corrected chi connectivity index (χ4v) is 3.25. The molecule has 1 aliphatic heterocycles. The lowest BCUT2D eigenvalue weighted by Gasteiger charge is -2.27. The van der Waals surface area contributed by atoms with Gasteiger partial charge in [0.2, 0.25) is 10.0 Å². The summed E-state index contributed by atoms with van der Waals surface area (Å²) in [6.07, 6.45) is 0.817. The van der Waals surface area contributed by atoms with Crippen LogP contribution in [0.15, 0.2) is 17.2 Å². The highest BCUT2D eigenvalue weighted by atomic mass is 32.2. The number of aryl methyl sites for hydroxylation is 1. The summed E-state index contributed by atoms with van der Waals surface area (Å²) >= 11 is 0. The number of pyridine rings is 1. The predicted molar refractivity (Wildman–Crippen MR) is 76.3 cm³/mol. The van der Waals surface area contributed by atoms with E-state index in [1.54, 1.807) is 0 Å². The first-order valence-electron chi connectivity index (χ1n) is 6.68. The molecule has 8 nitrogen and oxygen atoms in total. The van der Waals surface area contributed by atoms with Crippen LogP contribution in [-0.4, -0.2) is 68.3 Å². The normalized spacial score (nSPS) is 19.3. The van der Waals surface area contributed by atoms with Crippen LogP contribution in [0.2, 0.25) is 0 Å². The first-order chi connectivity index (χ1) is 10.3. The molecule has 0 aliphatic carbocycles. The standard InChI is InChI=1S/C13H18N2O6S/c1-9-12(13(16)17)5-11(6-14-9)22(18,19)15(2)7-10-8-20-3-4-21-10/h5-6,10H,3-4,7-8H2,1-2H3,(H,16,17). The van der Waals surface area contributed by atoms with Crippen molar-refractivity contribution in [2.45, 2.75) is 17.9 Å². The Morgan fingerprint density at radius 3 is 2.82 bits per heavy atom. The maximum atomic E-state index is 12.5. The molecule has 1 unspecified atom stereocenters. The first kappa shape index (κ1) is 16.8. The van der Waals surface area contributed by atoms with Crippen LogP contribution in [0.4, 0.5) is 0 Å². The van der Waals surface area contributed by atoms with E-state index in [9.17, 15) is 13.2 Å². The second kappa shape index (κ2) is 6.69. The Balaban J connectivity index is 2.21. The van der Waals surface area contributed by atoms with Crippen LogP contribution < -0.4 is 0 Å². The van der Waals surface area contributed by atoms with Crippen LogP contribution in [0.1, 0.15) is 16.1 Å². The molecule has 1 aliphatic rings. The maximum Gasteiger partial charge on any atom is 0.337 e. The summed E-state index contributed by atoms with van der Waals surface area (Å²) in [5.41, 5.74) is 0.129. The van der Waals surface area contributed by atoms with E-state index in [0.29, 0.717) is 19.8 Å². The van der Waals surface area contributed by atoms with E-state index < -0.39 is 16.0 Å². The predicted octanol–water partition coefficient (Wildman–Crippen LogP) is 0.124. The zero-order chi connectivity index (χ0) is 16.3. The molecule has 1 fully saturated rings. The highest BCUT2D eigenvalue weighted by molar-refractivity contribution is 7.89. The third-order valence-corrected chi connectivity index (χ3v) is 5.13. The second-order valence-electron chi connectivity index (χ2n) is 4.96. The summed E-state index contributed by atoms with van der Waals surface area (Å²) in [4.78, 5) is 14.8. The van der Waals surface area contributed by atoms with Gasteiger partial charge in [0.25, 0.3) is 0 Å². The Morgan fingerprint density at radius 1 is 1.50 bits per heavy atom. The monoisotopic (exact) mass is 330 g/mol. The topological polar surface area (TPSA) is 106 Å². The molecule has 0 bridgehead atoms. The summed E-state index contributed by atoms with van der Waals surface area (Å²) in [6.45, 7) is 2.88. The van der Waals surface area contributed by atoms with Gasteiger partial charge in [-0.2, -0.15) is 4.31 Å². The number of carbonyl (C=O) groups is 1. The van der Waals surface area contributed by atoms with E-state index in [2.05, 4.69) is 4.98 Å². The molecule has 1 aromatic heterocycles. The first-order valence-corrected chi connectivity index (χ1v) is 8.12. The summed E-state index contributed by atoms with van der Waals surface area (Å²) in [5, 5.41) is 9.07. The lowest BCUT2D eigenvalue weighted by atomic mass is 10.2. The number of nitrogens with zero attached hydrogens (tertiary/aromatic N) is 2. The largest absolute Gasteiger partial charge is 0.478 e. The Morgan fingerprint density at radius 2 is 2.23 bits per heavy atom. The van der Waals surface area contributed by atoms with Crippen molar-refractivity contribution >= 4 is 16.0 Å². The van der Waals surface area contributed by atoms with Gasteiger partial charge in [-0.1, -0.05) is 0 Å². The summed E-state index contributed by atoms with van der Waals surface area (Å²) in [5.74, 6) is -1.21. The van der Waals surface area contributed by atoms with Gasteiger partial charge >= 0.3 is 5.97 Å². The molecule has 1 N–H and O–H groups in total. The Hall–Kier alpha value is -1.55. The van der Waals surface area contributed by atoms with E-state index >= 15 is 0 Å². The van der Waals surface area contributed by atoms with Crippen molar-refractivity contribution < 1.29 is 27.8 Å². The molecule has 0 saturated carbocycles. The summed E-state index contributed by atoms with van der Waals surface area (Å²) in [6, 6.07) is 1.12. The zero-order valence-electron chi connectivity index (χ0n) is 12.4. The fourth-order valence-electron chi connectivity index (χ4n) is 2.08. The van der Waals surface area contributed by atoms with Gasteiger partial charge in [-0.15, -0.1) is 0 Å². The van der Waals surface area contributed by atoms with Gasteiger partial charge in [0.15, 0.2) is 0 Å². The fraction of sp³-hybridized carbons (Fsp3) is 0.538. The van der Waals surface area contributed by atoms with Gasteiger partial charge in [-0.25, -0.2) is 13.2 Å². The minimum Gasteiger partial charge on any atom is -0.478 e. The Kier molecular flexibility index (Phi) is 5.12. The number of likely N-dealkylation sites (N-methyl/N-ethyl adjacent to an activating group) is 1. The number of hydrogen-bond acceptors (Lipinski definition) is 6. The molecule has 2 heterocycles. The van der Waals surface area contributed by atoms with Crippen LogP contribution in [0.3, 0.4) is 0 Å². The van der Waals surface area contributed by atoms with Gasteiger partial charge in [-0.05, 0) is 13.0 Å². The van der Waals surface area contributed by atoms with Crippen molar-refractivity contribution in [3.63, 3.8) is 0 Å². The summed E-state index contributed by atoms with van der Waals surface area (Å²) in [7, 11) is -2.43. The minimum absolute atomic E-state index is 0.124. The van der Waals surface area contributed by atoms with Crippen molar-refractivity contribution in [2.24, 2.45) is 0 Å². The molecule has 1 saturated heterocycles. The van der Waals surface area contributed by atoms with E-state index in [4.69, 9.17) is 14.6 Å². The number of rotatable bonds is 5. The lowest BCUT2D eigenvalue weighted by molar-refractivity contribution is -0.0909. The van der Waals surface area contributed by atoms with Crippen molar-refractivity contribution in [1.29, 1.82) is 0 Å². The van der Waals surface area contributed by atoms with Crippen LogP contribution in [-0.2, 0) is 19.5 Å². The average Bonchev–Trinajstić information content (AvgIpc) is 2.48. The molecule has 22 heavy (non-hydrogen) atoms. The van der Waals surface area contributed by atoms with Crippen molar-refractivity contribution in [2.75, 3.05) is 33.4 Å². The lowest BCUT2D eigenvalue weighted by Crippen LogP contribution is -2.40. The molecule has 1 aromatic rings. The number of hydrogen-bond donors (Lipinski definition) is 1. The van der Waals surface area contributed by atoms with Crippen LogP contribution in [0, 0.1) is 6.92 Å². The molecule has 0 amide bonds. The minimum atomic E-state index is -3.84. The van der Waals surface area contributed by atoms with Gasteiger partial charge in [0.05, 0.1) is 37.2 Å². The number of carboxylic acids is 1. The molecular formula is C13H18N2O6S. The van der Waals surface area contributed by atoms with Gasteiger partial charge in [0, 0.05) is 19.8 Å². The zero-order valence-corrected chi connectivity index (χ0v) is 13.2. The van der Waals surface area contributed by atoms with Crippen LogP contribution in [0.25, 0.3) is 0 Å². The van der Waals surface area contributed by atoms with Crippen LogP contribution >= 0.6 is 0 Å². The van der Waals surface area contributed by atoms with Crippen LogP contribution in [0.5, 0.6) is 0 Å². The third kappa shape index (κ3) is 3.61. The highest BCUT2D eigenvalue weighted by Crippen LogP contribution is 2.18. The average molecular weight is 330 g/mol. The summed E-state index contributed by atoms with van der Waals surface area (Å²) < 4.78 is 36.7. The molecule has 2 rings (SSSR count). The van der Waals surface area contributed by atoms with E-state index in [-0.39, 0.29) is 28.8 Å². The molecule has 0 aromatic carbocycles. The maximum absolute atomic E-state index is 12.5. The molecule has 1 atom stereocenters. The smallest absolute Gasteiger partial charge is 0.337 e. The number of carboxylic acid groups (broad SMARTS) is 1.